The van der Waals surface area contributed by atoms with E-state index in [0.717, 1.165) is 31.6 Å². The van der Waals surface area contributed by atoms with Crippen LogP contribution in [0.1, 0.15) is 26.2 Å². The lowest BCUT2D eigenvalue weighted by Crippen LogP contribution is -2.12. The van der Waals surface area contributed by atoms with E-state index >= 15 is 0 Å². The van der Waals surface area contributed by atoms with Gasteiger partial charge in [0.25, 0.3) is 0 Å². The van der Waals surface area contributed by atoms with E-state index in [9.17, 15) is 4.79 Å². The number of para-hydroxylation sites is 1. The zero-order chi connectivity index (χ0) is 23.3. The Morgan fingerprint density at radius 2 is 1.59 bits per heavy atom. The summed E-state index contributed by atoms with van der Waals surface area (Å²) in [5, 5.41) is 8.02. The number of unbranched alkanes of at least 4 members (excludes halogenated alkanes) is 1. The first-order chi connectivity index (χ1) is 16.7. The number of fused-ring (bicyclic) bond motifs is 4. The number of nitrogens with zero attached hydrogens (tertiary/aromatic N) is 1. The molecule has 0 unspecified atom stereocenters. The van der Waals surface area contributed by atoms with Gasteiger partial charge in [-0.05, 0) is 72.8 Å². The van der Waals surface area contributed by atoms with Crippen LogP contribution in [0.5, 0.6) is 0 Å². The molecule has 0 spiro atoms. The Kier molecular flexibility index (Phi) is 6.84. The summed E-state index contributed by atoms with van der Waals surface area (Å²) in [5.41, 5.74) is 3.30. The Bertz CT molecular complexity index is 1450. The van der Waals surface area contributed by atoms with Crippen molar-refractivity contribution in [2.45, 2.75) is 37.6 Å². The van der Waals surface area contributed by atoms with Crippen molar-refractivity contribution in [2.24, 2.45) is 0 Å². The summed E-state index contributed by atoms with van der Waals surface area (Å²) in [4.78, 5) is 13.8. The van der Waals surface area contributed by atoms with Crippen LogP contribution >= 0.6 is 11.9 Å². The third-order valence-electron chi connectivity index (χ3n) is 6.24. The van der Waals surface area contributed by atoms with Crippen molar-refractivity contribution in [2.75, 3.05) is 11.9 Å². The SMILES string of the molecule is CCn1c2ccccc2c2cc(NC(=O)CCCCNSc3cccc4ccccc34)ccc21. The fourth-order valence-electron chi connectivity index (χ4n) is 4.59. The molecule has 0 aliphatic rings. The Hall–Kier alpha value is -3.28. The normalized spacial score (nSPS) is 11.4. The molecule has 1 aromatic heterocycles. The molecule has 34 heavy (non-hydrogen) atoms. The van der Waals surface area contributed by atoms with Crippen molar-refractivity contribution in [3.63, 3.8) is 0 Å². The molecule has 5 heteroatoms. The number of benzene rings is 4. The second-order valence-corrected chi connectivity index (χ2v) is 9.40. The highest BCUT2D eigenvalue weighted by molar-refractivity contribution is 7.97. The number of nitrogens with one attached hydrogen (secondary N) is 2. The van der Waals surface area contributed by atoms with E-state index < -0.39 is 0 Å². The van der Waals surface area contributed by atoms with Gasteiger partial charge in [-0.15, -0.1) is 0 Å². The van der Waals surface area contributed by atoms with Gasteiger partial charge in [0.15, 0.2) is 0 Å². The minimum Gasteiger partial charge on any atom is -0.341 e. The third-order valence-corrected chi connectivity index (χ3v) is 7.16. The van der Waals surface area contributed by atoms with Crippen LogP contribution in [0.25, 0.3) is 32.6 Å². The Balaban J connectivity index is 1.12. The quantitative estimate of drug-likeness (QED) is 0.176. The summed E-state index contributed by atoms with van der Waals surface area (Å²) in [6, 6.07) is 29.5. The molecular weight excluding hydrogens is 438 g/mol. The first-order valence-electron chi connectivity index (χ1n) is 11.9. The summed E-state index contributed by atoms with van der Waals surface area (Å²) in [6.45, 7) is 3.95. The van der Waals surface area contributed by atoms with Crippen molar-refractivity contribution in [1.82, 2.24) is 9.29 Å². The van der Waals surface area contributed by atoms with Gasteiger partial charge in [-0.25, -0.2) is 0 Å². The van der Waals surface area contributed by atoms with Gasteiger partial charge in [-0.3, -0.25) is 9.52 Å². The number of hydrogen-bond acceptors (Lipinski definition) is 3. The number of carbonyl (C=O) groups is 1. The molecule has 1 amide bonds. The van der Waals surface area contributed by atoms with E-state index in [1.165, 1.54) is 37.5 Å². The lowest BCUT2D eigenvalue weighted by molar-refractivity contribution is -0.116. The molecule has 0 saturated carbocycles. The van der Waals surface area contributed by atoms with Gasteiger partial charge in [-0.2, -0.15) is 0 Å². The molecule has 0 radical (unpaired) electrons. The highest BCUT2D eigenvalue weighted by Crippen LogP contribution is 2.31. The van der Waals surface area contributed by atoms with Gasteiger partial charge in [0.1, 0.15) is 0 Å². The van der Waals surface area contributed by atoms with Gasteiger partial charge in [0.05, 0.1) is 0 Å². The molecule has 5 rings (SSSR count). The van der Waals surface area contributed by atoms with Crippen LogP contribution in [0.3, 0.4) is 0 Å². The summed E-state index contributed by atoms with van der Waals surface area (Å²) < 4.78 is 5.76. The van der Waals surface area contributed by atoms with Gasteiger partial charge in [-0.1, -0.05) is 54.6 Å². The number of hydrogen-bond donors (Lipinski definition) is 2. The maximum atomic E-state index is 12.5. The standard InChI is InChI=1S/C29H29N3OS/c1-2-32-26-14-6-5-13-24(26)25-20-22(17-18-27(25)32)31-29(33)16-7-8-19-30-34-28-15-9-11-21-10-3-4-12-23(21)28/h3-6,9-15,17-18,20,30H,2,7-8,16,19H2,1H3,(H,31,33). The number of aromatic nitrogens is 1. The molecular formula is C29H29N3OS. The number of anilines is 1. The zero-order valence-corrected chi connectivity index (χ0v) is 20.2. The molecule has 1 heterocycles. The van der Waals surface area contributed by atoms with Crippen LogP contribution in [-0.2, 0) is 11.3 Å². The smallest absolute Gasteiger partial charge is 0.224 e. The molecule has 0 aliphatic carbocycles. The van der Waals surface area contributed by atoms with Gasteiger partial charge in [0, 0.05) is 51.9 Å². The number of rotatable bonds is 9. The molecule has 0 bridgehead atoms. The predicted molar refractivity (Wildman–Crippen MR) is 145 cm³/mol. The number of aryl methyl sites for hydroxylation is 1. The van der Waals surface area contributed by atoms with Crippen molar-refractivity contribution in [1.29, 1.82) is 0 Å². The molecule has 2 N–H and O–H groups in total. The Morgan fingerprint density at radius 3 is 2.47 bits per heavy atom. The number of carbonyl (C=O) groups excluding carboxylic acids is 1. The molecule has 4 nitrogen and oxygen atoms in total. The highest BCUT2D eigenvalue weighted by atomic mass is 32.2. The van der Waals surface area contributed by atoms with Crippen LogP contribution in [-0.4, -0.2) is 17.0 Å². The minimum absolute atomic E-state index is 0.0697. The second-order valence-electron chi connectivity index (χ2n) is 8.47. The van der Waals surface area contributed by atoms with E-state index in [1.54, 1.807) is 11.9 Å². The van der Waals surface area contributed by atoms with Gasteiger partial charge >= 0.3 is 0 Å². The van der Waals surface area contributed by atoms with Crippen molar-refractivity contribution < 1.29 is 4.79 Å². The lowest BCUT2D eigenvalue weighted by Gasteiger charge is -2.08. The van der Waals surface area contributed by atoms with Gasteiger partial charge in [0.2, 0.25) is 5.91 Å². The molecule has 0 aliphatic heterocycles. The van der Waals surface area contributed by atoms with Crippen LogP contribution in [0.4, 0.5) is 5.69 Å². The second kappa shape index (κ2) is 10.3. The predicted octanol–water partition coefficient (Wildman–Crippen LogP) is 7.37. The van der Waals surface area contributed by atoms with Crippen LogP contribution in [0, 0.1) is 0 Å². The molecule has 0 saturated heterocycles. The fraction of sp³-hybridized carbons (Fsp3) is 0.207. The summed E-state index contributed by atoms with van der Waals surface area (Å²) in [5.74, 6) is 0.0697. The van der Waals surface area contributed by atoms with Crippen molar-refractivity contribution >= 4 is 56.1 Å². The monoisotopic (exact) mass is 467 g/mol. The molecule has 4 aromatic carbocycles. The molecule has 0 fully saturated rings. The lowest BCUT2D eigenvalue weighted by atomic mass is 10.1. The van der Waals surface area contributed by atoms with Gasteiger partial charge < -0.3 is 9.88 Å². The van der Waals surface area contributed by atoms with E-state index in [0.29, 0.717) is 6.42 Å². The largest absolute Gasteiger partial charge is 0.341 e. The summed E-state index contributed by atoms with van der Waals surface area (Å²) in [7, 11) is 0. The highest BCUT2D eigenvalue weighted by Gasteiger charge is 2.11. The van der Waals surface area contributed by atoms with E-state index in [-0.39, 0.29) is 5.91 Å². The van der Waals surface area contributed by atoms with E-state index in [2.05, 4.69) is 100 Å². The van der Waals surface area contributed by atoms with Crippen molar-refractivity contribution in [3.05, 3.63) is 84.9 Å². The molecule has 5 aromatic rings. The first-order valence-corrected chi connectivity index (χ1v) is 12.7. The first kappa shape index (κ1) is 22.5. The Labute approximate surface area is 204 Å². The van der Waals surface area contributed by atoms with Crippen LogP contribution in [0.15, 0.2) is 89.8 Å². The average molecular weight is 468 g/mol. The maximum Gasteiger partial charge on any atom is 0.224 e. The number of amides is 1. The molecule has 0 atom stereocenters. The summed E-state index contributed by atoms with van der Waals surface area (Å²) in [6.07, 6.45) is 2.33. The van der Waals surface area contributed by atoms with Crippen molar-refractivity contribution in [3.8, 4) is 0 Å². The zero-order valence-electron chi connectivity index (χ0n) is 19.4. The van der Waals surface area contributed by atoms with Crippen LogP contribution < -0.4 is 10.0 Å². The van der Waals surface area contributed by atoms with E-state index in [1.807, 2.05) is 6.07 Å². The molecule has 172 valence electrons. The fourth-order valence-corrected chi connectivity index (χ4v) is 5.44. The third kappa shape index (κ3) is 4.67. The maximum absolute atomic E-state index is 12.5. The Morgan fingerprint density at radius 1 is 0.824 bits per heavy atom. The topological polar surface area (TPSA) is 46.1 Å². The van der Waals surface area contributed by atoms with Crippen LogP contribution in [0.2, 0.25) is 0 Å². The van der Waals surface area contributed by atoms with E-state index in [4.69, 9.17) is 0 Å². The summed E-state index contributed by atoms with van der Waals surface area (Å²) >= 11 is 1.66. The average Bonchev–Trinajstić information content (AvgIpc) is 3.19. The minimum atomic E-state index is 0.0697.